The third-order valence-electron chi connectivity index (χ3n) is 8.01. The van der Waals surface area contributed by atoms with Crippen LogP contribution < -0.4 is 0 Å². The Labute approximate surface area is 155 Å². The SMILES string of the molecule is CO[C@@]12CC[C@H](O)[C@H](C#C[C@@H](O)CC3C4CCCC43)[C@@H]1CC21OCCO1. The molecule has 144 valence electrons. The topological polar surface area (TPSA) is 68.2 Å². The standard InChI is InChI=1S/C21H30O5/c1-24-20-8-7-19(23)16(18(20)12-21(20)25-9-10-26-21)6-5-13(22)11-17-14-3-2-4-15(14)17/h13-19,22-23H,2-4,7-12H2,1H3/t13-,14?,15?,16-,17?,18+,19+,20+/m1/s1. The van der Waals surface area contributed by atoms with Gasteiger partial charge in [0.25, 0.3) is 0 Å². The highest BCUT2D eigenvalue weighted by Crippen LogP contribution is 2.62. The summed E-state index contributed by atoms with van der Waals surface area (Å²) in [7, 11) is 1.71. The lowest BCUT2D eigenvalue weighted by atomic mass is 9.52. The van der Waals surface area contributed by atoms with E-state index in [1.54, 1.807) is 7.11 Å². The van der Waals surface area contributed by atoms with E-state index < -0.39 is 23.6 Å². The first-order valence-corrected chi connectivity index (χ1v) is 10.3. The zero-order chi connectivity index (χ0) is 17.9. The molecule has 5 fully saturated rings. The molecular formula is C21H30O5. The van der Waals surface area contributed by atoms with Gasteiger partial charge < -0.3 is 24.4 Å². The fourth-order valence-corrected chi connectivity index (χ4v) is 6.63. The van der Waals surface area contributed by atoms with E-state index in [1.807, 2.05) is 0 Å². The van der Waals surface area contributed by atoms with Crippen LogP contribution in [0, 0.1) is 41.4 Å². The second-order valence-corrected chi connectivity index (χ2v) is 8.95. The quantitative estimate of drug-likeness (QED) is 0.748. The van der Waals surface area contributed by atoms with Gasteiger partial charge in [-0.2, -0.15) is 0 Å². The molecule has 1 spiro atoms. The summed E-state index contributed by atoms with van der Waals surface area (Å²) >= 11 is 0. The first-order valence-electron chi connectivity index (χ1n) is 10.3. The molecule has 5 nitrogen and oxygen atoms in total. The summed E-state index contributed by atoms with van der Waals surface area (Å²) in [4.78, 5) is 0. The Bertz CT molecular complexity index is 608. The van der Waals surface area contributed by atoms with E-state index in [9.17, 15) is 10.2 Å². The third kappa shape index (κ3) is 2.36. The highest BCUT2D eigenvalue weighted by Gasteiger charge is 2.73. The van der Waals surface area contributed by atoms with Crippen molar-refractivity contribution in [3.05, 3.63) is 0 Å². The lowest BCUT2D eigenvalue weighted by Crippen LogP contribution is -2.74. The van der Waals surface area contributed by atoms with Crippen LogP contribution in [0.2, 0.25) is 0 Å². The smallest absolute Gasteiger partial charge is 0.198 e. The molecule has 5 heteroatoms. The molecule has 2 unspecified atom stereocenters. The van der Waals surface area contributed by atoms with Gasteiger partial charge in [0.2, 0.25) is 0 Å². The predicted octanol–water partition coefficient (Wildman–Crippen LogP) is 1.71. The Morgan fingerprint density at radius 3 is 2.62 bits per heavy atom. The van der Waals surface area contributed by atoms with Gasteiger partial charge in [-0.1, -0.05) is 18.3 Å². The van der Waals surface area contributed by atoms with Gasteiger partial charge in [0, 0.05) is 19.4 Å². The molecule has 1 aliphatic heterocycles. The van der Waals surface area contributed by atoms with Crippen molar-refractivity contribution in [1.29, 1.82) is 0 Å². The van der Waals surface area contributed by atoms with Crippen molar-refractivity contribution < 1.29 is 24.4 Å². The van der Waals surface area contributed by atoms with Crippen molar-refractivity contribution in [1.82, 2.24) is 0 Å². The minimum atomic E-state index is -0.656. The van der Waals surface area contributed by atoms with Crippen molar-refractivity contribution in [3.63, 3.8) is 0 Å². The maximum Gasteiger partial charge on any atom is 0.198 e. The molecule has 4 saturated carbocycles. The molecule has 0 bridgehead atoms. The number of fused-ring (bicyclic) bond motifs is 3. The molecule has 0 aromatic rings. The molecule has 0 radical (unpaired) electrons. The maximum absolute atomic E-state index is 10.5. The Morgan fingerprint density at radius 1 is 1.19 bits per heavy atom. The summed E-state index contributed by atoms with van der Waals surface area (Å²) in [5, 5.41) is 20.9. The van der Waals surface area contributed by atoms with Gasteiger partial charge in [-0.3, -0.25) is 0 Å². The van der Waals surface area contributed by atoms with E-state index in [2.05, 4.69) is 11.8 Å². The molecule has 5 aliphatic rings. The molecule has 0 aromatic carbocycles. The normalized spacial score (nSPS) is 48.9. The summed E-state index contributed by atoms with van der Waals surface area (Å²) in [5.41, 5.74) is -0.513. The van der Waals surface area contributed by atoms with Gasteiger partial charge in [-0.15, -0.1) is 0 Å². The highest BCUT2D eigenvalue weighted by molar-refractivity contribution is 5.24. The van der Waals surface area contributed by atoms with Crippen LogP contribution in [0.1, 0.15) is 44.9 Å². The maximum atomic E-state index is 10.5. The van der Waals surface area contributed by atoms with Crippen LogP contribution in [0.3, 0.4) is 0 Å². The highest BCUT2D eigenvalue weighted by atomic mass is 16.8. The average Bonchev–Trinajstić information content (AvgIpc) is 3.07. The van der Waals surface area contributed by atoms with E-state index >= 15 is 0 Å². The van der Waals surface area contributed by atoms with Crippen molar-refractivity contribution in [2.45, 2.75) is 68.5 Å². The van der Waals surface area contributed by atoms with Crippen molar-refractivity contribution in [3.8, 4) is 11.8 Å². The summed E-state index contributed by atoms with van der Waals surface area (Å²) in [5.74, 6) is 7.90. The summed E-state index contributed by atoms with van der Waals surface area (Å²) in [6.07, 6.45) is 5.82. The second-order valence-electron chi connectivity index (χ2n) is 8.95. The molecule has 0 aromatic heterocycles. The number of hydrogen-bond donors (Lipinski definition) is 2. The first kappa shape index (κ1) is 17.5. The predicted molar refractivity (Wildman–Crippen MR) is 93.9 cm³/mol. The molecule has 5 rings (SSSR count). The van der Waals surface area contributed by atoms with Crippen LogP contribution in [0.4, 0.5) is 0 Å². The van der Waals surface area contributed by atoms with Crippen LogP contribution in [-0.2, 0) is 14.2 Å². The summed E-state index contributed by atoms with van der Waals surface area (Å²) < 4.78 is 17.8. The fourth-order valence-electron chi connectivity index (χ4n) is 6.63. The molecular weight excluding hydrogens is 332 g/mol. The molecule has 2 N–H and O–H groups in total. The largest absolute Gasteiger partial charge is 0.392 e. The number of rotatable bonds is 3. The molecule has 26 heavy (non-hydrogen) atoms. The first-order chi connectivity index (χ1) is 12.6. The van der Waals surface area contributed by atoms with Crippen molar-refractivity contribution in [2.75, 3.05) is 20.3 Å². The number of aliphatic hydroxyl groups excluding tert-OH is 2. The van der Waals surface area contributed by atoms with Crippen LogP contribution in [0.5, 0.6) is 0 Å². The molecule has 1 saturated heterocycles. The van der Waals surface area contributed by atoms with Gasteiger partial charge >= 0.3 is 0 Å². The average molecular weight is 362 g/mol. The number of hydrogen-bond acceptors (Lipinski definition) is 5. The summed E-state index contributed by atoms with van der Waals surface area (Å²) in [6.45, 7) is 1.19. The number of methoxy groups -OCH3 is 1. The van der Waals surface area contributed by atoms with Crippen LogP contribution in [0.25, 0.3) is 0 Å². The number of ether oxygens (including phenoxy) is 3. The van der Waals surface area contributed by atoms with Gasteiger partial charge in [-0.05, 0) is 49.9 Å². The molecule has 4 aliphatic carbocycles. The Kier molecular flexibility index (Phi) is 4.15. The van der Waals surface area contributed by atoms with Gasteiger partial charge in [0.1, 0.15) is 11.7 Å². The molecule has 0 amide bonds. The lowest BCUT2D eigenvalue weighted by molar-refractivity contribution is -0.381. The lowest BCUT2D eigenvalue weighted by Gasteiger charge is -2.63. The minimum absolute atomic E-state index is 0.0920. The Morgan fingerprint density at radius 2 is 1.92 bits per heavy atom. The third-order valence-corrected chi connectivity index (χ3v) is 8.01. The van der Waals surface area contributed by atoms with E-state index in [1.165, 1.54) is 19.3 Å². The zero-order valence-electron chi connectivity index (χ0n) is 15.5. The van der Waals surface area contributed by atoms with Crippen molar-refractivity contribution in [2.24, 2.45) is 29.6 Å². The van der Waals surface area contributed by atoms with Crippen LogP contribution >= 0.6 is 0 Å². The Balaban J connectivity index is 1.28. The zero-order valence-corrected chi connectivity index (χ0v) is 15.5. The minimum Gasteiger partial charge on any atom is -0.392 e. The van der Waals surface area contributed by atoms with Crippen molar-refractivity contribution >= 4 is 0 Å². The van der Waals surface area contributed by atoms with Gasteiger partial charge in [0.15, 0.2) is 5.79 Å². The number of aliphatic hydroxyl groups is 2. The van der Waals surface area contributed by atoms with Gasteiger partial charge in [0.05, 0.1) is 25.2 Å². The van der Waals surface area contributed by atoms with E-state index in [-0.39, 0.29) is 11.8 Å². The van der Waals surface area contributed by atoms with Gasteiger partial charge in [-0.25, -0.2) is 0 Å². The van der Waals surface area contributed by atoms with Crippen LogP contribution in [-0.4, -0.2) is 54.1 Å². The molecule has 7 atom stereocenters. The second kappa shape index (κ2) is 6.18. The van der Waals surface area contributed by atoms with Crippen LogP contribution in [0.15, 0.2) is 0 Å². The Hall–Kier alpha value is -0.640. The molecule has 1 heterocycles. The van der Waals surface area contributed by atoms with E-state index in [0.717, 1.165) is 24.7 Å². The summed E-state index contributed by atoms with van der Waals surface area (Å²) in [6, 6.07) is 0. The van der Waals surface area contributed by atoms with E-state index in [0.29, 0.717) is 32.0 Å². The fraction of sp³-hybridized carbons (Fsp3) is 0.905. The monoisotopic (exact) mass is 362 g/mol. The van der Waals surface area contributed by atoms with E-state index in [4.69, 9.17) is 14.2 Å².